The molecule has 0 fully saturated rings. The van der Waals surface area contributed by atoms with Crippen LogP contribution in [0.4, 0.5) is 0 Å². The summed E-state index contributed by atoms with van der Waals surface area (Å²) in [6.07, 6.45) is 7.52. The molecule has 0 aromatic heterocycles. The molecule has 0 radical (unpaired) electrons. The molecule has 0 rings (SSSR count). The second-order valence-electron chi connectivity index (χ2n) is 3.45. The van der Waals surface area contributed by atoms with Gasteiger partial charge < -0.3 is 0 Å². The monoisotopic (exact) mass is 208 g/mol. The van der Waals surface area contributed by atoms with Crippen molar-refractivity contribution in [3.05, 3.63) is 49.6 Å². The predicted molar refractivity (Wildman–Crippen MR) is 75.2 cm³/mol. The summed E-state index contributed by atoms with van der Waals surface area (Å²) in [5, 5.41) is 0. The van der Waals surface area contributed by atoms with Crippen molar-refractivity contribution in [1.82, 2.24) is 0 Å². The van der Waals surface area contributed by atoms with Crippen LogP contribution in [0.1, 0.15) is 47.0 Å². The van der Waals surface area contributed by atoms with Crippen molar-refractivity contribution in [2.24, 2.45) is 0 Å². The maximum Gasteiger partial charge on any atom is -0.0404 e. The Labute approximate surface area is 97.1 Å². The Morgan fingerprint density at radius 1 is 0.867 bits per heavy atom. The highest BCUT2D eigenvalue weighted by Crippen LogP contribution is 1.88. The Bertz CT molecular complexity index is 152. The van der Waals surface area contributed by atoms with E-state index in [4.69, 9.17) is 0 Å². The minimum atomic E-state index is 1.02. The molecule has 0 N–H and O–H groups in total. The van der Waals surface area contributed by atoms with Crippen molar-refractivity contribution < 1.29 is 0 Å². The molecule has 0 unspecified atom stereocenters. The normalized spacial score (nSPS) is 7.20. The van der Waals surface area contributed by atoms with E-state index >= 15 is 0 Å². The van der Waals surface area contributed by atoms with Crippen molar-refractivity contribution in [1.29, 1.82) is 0 Å². The molecule has 0 saturated heterocycles. The van der Waals surface area contributed by atoms with E-state index in [9.17, 15) is 0 Å². The lowest BCUT2D eigenvalue weighted by Crippen LogP contribution is -1.59. The molecule has 0 heteroatoms. The van der Waals surface area contributed by atoms with Gasteiger partial charge in [0.1, 0.15) is 0 Å². The van der Waals surface area contributed by atoms with Gasteiger partial charge in [-0.2, -0.15) is 0 Å². The highest BCUT2D eigenvalue weighted by molar-refractivity contribution is 5.06. The van der Waals surface area contributed by atoms with Crippen LogP contribution in [0.15, 0.2) is 49.6 Å². The molecule has 0 atom stereocenters. The minimum absolute atomic E-state index is 1.02. The summed E-state index contributed by atoms with van der Waals surface area (Å²) in [6.45, 7) is 22.3. The average Bonchev–Trinajstić information content (AvgIpc) is 2.20. The van der Waals surface area contributed by atoms with Crippen molar-refractivity contribution in [2.45, 2.75) is 47.0 Å². The fraction of sp³-hybridized carbons (Fsp3) is 0.467. The molecule has 0 aromatic rings. The van der Waals surface area contributed by atoms with Crippen LogP contribution in [0.25, 0.3) is 0 Å². The van der Waals surface area contributed by atoms with Gasteiger partial charge in [0.05, 0.1) is 0 Å². The standard InChI is InChI=1S/2C5H8.C5H12/c2*1-4-5(2)3;1-3-5-4-2/h2*4H,1-2H2,3H3;3-5H2,1-2H3. The molecule has 0 bridgehead atoms. The number of rotatable bonds is 4. The van der Waals surface area contributed by atoms with Crippen molar-refractivity contribution >= 4 is 0 Å². The molecule has 88 valence electrons. The lowest BCUT2D eigenvalue weighted by molar-refractivity contribution is 0.772. The van der Waals surface area contributed by atoms with E-state index < -0.39 is 0 Å². The lowest BCUT2D eigenvalue weighted by Gasteiger charge is -1.79. The smallest absolute Gasteiger partial charge is 0.0404 e. The first-order chi connectivity index (χ1) is 6.95. The van der Waals surface area contributed by atoms with Gasteiger partial charge >= 0.3 is 0 Å². The van der Waals surface area contributed by atoms with Gasteiger partial charge in [-0.25, -0.2) is 0 Å². The van der Waals surface area contributed by atoms with E-state index in [2.05, 4.69) is 40.2 Å². The second-order valence-corrected chi connectivity index (χ2v) is 3.45. The SMILES string of the molecule is C=CC(=C)C.C=CC(=C)C.CCCCC. The summed E-state index contributed by atoms with van der Waals surface area (Å²) in [6, 6.07) is 0. The lowest BCUT2D eigenvalue weighted by atomic mass is 10.3. The molecule has 0 nitrogen and oxygen atoms in total. The van der Waals surface area contributed by atoms with E-state index in [1.54, 1.807) is 12.2 Å². The van der Waals surface area contributed by atoms with E-state index in [0.717, 1.165) is 11.1 Å². The van der Waals surface area contributed by atoms with Gasteiger partial charge in [0.15, 0.2) is 0 Å². The topological polar surface area (TPSA) is 0 Å². The zero-order valence-corrected chi connectivity index (χ0v) is 11.1. The molecule has 0 aliphatic heterocycles. The van der Waals surface area contributed by atoms with Crippen molar-refractivity contribution in [3.63, 3.8) is 0 Å². The van der Waals surface area contributed by atoms with Gasteiger partial charge in [0.2, 0.25) is 0 Å². The average molecular weight is 208 g/mol. The maximum absolute atomic E-state index is 3.56. The quantitative estimate of drug-likeness (QED) is 0.520. The summed E-state index contributed by atoms with van der Waals surface area (Å²) in [4.78, 5) is 0. The van der Waals surface area contributed by atoms with Crippen LogP contribution in [-0.2, 0) is 0 Å². The molecule has 0 aliphatic rings. The Hall–Kier alpha value is -1.04. The molecule has 0 saturated carbocycles. The first-order valence-corrected chi connectivity index (χ1v) is 5.52. The van der Waals surface area contributed by atoms with Gasteiger partial charge in [0, 0.05) is 0 Å². The number of allylic oxidation sites excluding steroid dienone is 4. The molecule has 0 aliphatic carbocycles. The van der Waals surface area contributed by atoms with Gasteiger partial charge in [-0.3, -0.25) is 0 Å². The Balaban J connectivity index is -0.000000144. The Morgan fingerprint density at radius 3 is 1.07 bits per heavy atom. The molecular weight excluding hydrogens is 180 g/mol. The van der Waals surface area contributed by atoms with Gasteiger partial charge in [-0.05, 0) is 13.8 Å². The maximum atomic E-state index is 3.56. The number of hydrogen-bond acceptors (Lipinski definition) is 0. The zero-order valence-electron chi connectivity index (χ0n) is 11.1. The van der Waals surface area contributed by atoms with Gasteiger partial charge in [0.25, 0.3) is 0 Å². The number of hydrogen-bond donors (Lipinski definition) is 0. The Morgan fingerprint density at radius 2 is 1.07 bits per heavy atom. The molecular formula is C15H28. The first-order valence-electron chi connectivity index (χ1n) is 5.52. The van der Waals surface area contributed by atoms with Crippen molar-refractivity contribution in [2.75, 3.05) is 0 Å². The summed E-state index contributed by atoms with van der Waals surface area (Å²) < 4.78 is 0. The van der Waals surface area contributed by atoms with Gasteiger partial charge in [-0.1, -0.05) is 82.7 Å². The van der Waals surface area contributed by atoms with Crippen LogP contribution < -0.4 is 0 Å². The van der Waals surface area contributed by atoms with E-state index in [1.165, 1.54) is 19.3 Å². The summed E-state index contributed by atoms with van der Waals surface area (Å²) in [5.74, 6) is 0. The van der Waals surface area contributed by atoms with E-state index in [0.29, 0.717) is 0 Å². The molecule has 0 spiro atoms. The molecule has 15 heavy (non-hydrogen) atoms. The van der Waals surface area contributed by atoms with Crippen LogP contribution in [-0.4, -0.2) is 0 Å². The van der Waals surface area contributed by atoms with Crippen LogP contribution >= 0.6 is 0 Å². The molecule has 0 amide bonds. The summed E-state index contributed by atoms with van der Waals surface area (Å²) in [7, 11) is 0. The fourth-order valence-electron chi connectivity index (χ4n) is 0.354. The highest BCUT2D eigenvalue weighted by atomic mass is 13.7. The number of unbranched alkanes of at least 4 members (excludes halogenated alkanes) is 2. The third kappa shape index (κ3) is 63.3. The Kier molecular flexibility index (Phi) is 24.3. The van der Waals surface area contributed by atoms with Crippen LogP contribution in [0.5, 0.6) is 0 Å². The fourth-order valence-corrected chi connectivity index (χ4v) is 0.354. The van der Waals surface area contributed by atoms with Crippen LogP contribution in [0.3, 0.4) is 0 Å². The summed E-state index contributed by atoms with van der Waals surface area (Å²) >= 11 is 0. The largest absolute Gasteiger partial charge is 0.0988 e. The minimum Gasteiger partial charge on any atom is -0.0988 e. The van der Waals surface area contributed by atoms with Gasteiger partial charge in [-0.15, -0.1) is 0 Å². The third-order valence-corrected chi connectivity index (χ3v) is 1.40. The third-order valence-electron chi connectivity index (χ3n) is 1.40. The van der Waals surface area contributed by atoms with Crippen molar-refractivity contribution in [3.8, 4) is 0 Å². The van der Waals surface area contributed by atoms with Crippen LogP contribution in [0, 0.1) is 0 Å². The zero-order chi connectivity index (χ0) is 12.7. The van der Waals surface area contributed by atoms with Crippen LogP contribution in [0.2, 0.25) is 0 Å². The van der Waals surface area contributed by atoms with E-state index in [1.807, 2.05) is 13.8 Å². The summed E-state index contributed by atoms with van der Waals surface area (Å²) in [5.41, 5.74) is 2.04. The first kappa shape index (κ1) is 19.5. The van der Waals surface area contributed by atoms with E-state index in [-0.39, 0.29) is 0 Å². The second kappa shape index (κ2) is 18.7. The highest BCUT2D eigenvalue weighted by Gasteiger charge is 1.68. The molecule has 0 aromatic carbocycles. The molecule has 0 heterocycles. The predicted octanol–water partition coefficient (Wildman–Crippen LogP) is 5.69.